The van der Waals surface area contributed by atoms with Gasteiger partial charge in [0.2, 0.25) is 15.9 Å². The standard InChI is InChI=1S/C18H20FN3O4S/c19-16-3-1-2-4-17(16)21-18(23)13-20-14-5-7-15(8-6-14)27(24,25)22-9-11-26-12-10-22/h1-8,20H,9-13H2,(H,21,23). The predicted molar refractivity (Wildman–Crippen MR) is 99.5 cm³/mol. The van der Waals surface area contributed by atoms with E-state index in [4.69, 9.17) is 4.74 Å². The fourth-order valence-corrected chi connectivity index (χ4v) is 4.03. The second-order valence-corrected chi connectivity index (χ2v) is 7.86. The summed E-state index contributed by atoms with van der Waals surface area (Å²) in [7, 11) is -3.55. The smallest absolute Gasteiger partial charge is 0.243 e. The summed E-state index contributed by atoms with van der Waals surface area (Å²) in [5.74, 6) is -0.923. The number of nitrogens with one attached hydrogen (secondary N) is 2. The van der Waals surface area contributed by atoms with Crippen molar-refractivity contribution in [2.75, 3.05) is 43.5 Å². The first-order chi connectivity index (χ1) is 13.0. The van der Waals surface area contributed by atoms with E-state index in [-0.39, 0.29) is 17.1 Å². The van der Waals surface area contributed by atoms with Gasteiger partial charge >= 0.3 is 0 Å². The van der Waals surface area contributed by atoms with Gasteiger partial charge in [0.15, 0.2) is 0 Å². The molecule has 3 rings (SSSR count). The van der Waals surface area contributed by atoms with Crippen molar-refractivity contribution < 1.29 is 22.3 Å². The number of morpholine rings is 1. The summed E-state index contributed by atoms with van der Waals surface area (Å²) in [5.41, 5.74) is 0.691. The van der Waals surface area contributed by atoms with Crippen LogP contribution in [0.5, 0.6) is 0 Å². The molecule has 7 nitrogen and oxygen atoms in total. The van der Waals surface area contributed by atoms with Crippen LogP contribution < -0.4 is 10.6 Å². The van der Waals surface area contributed by atoms with Gasteiger partial charge in [-0.1, -0.05) is 12.1 Å². The van der Waals surface area contributed by atoms with Crippen LogP contribution >= 0.6 is 0 Å². The summed E-state index contributed by atoms with van der Waals surface area (Å²) in [6.07, 6.45) is 0. The first-order valence-electron chi connectivity index (χ1n) is 8.43. The lowest BCUT2D eigenvalue weighted by molar-refractivity contribution is -0.114. The monoisotopic (exact) mass is 393 g/mol. The minimum Gasteiger partial charge on any atom is -0.379 e. The number of nitrogens with zero attached hydrogens (tertiary/aromatic N) is 1. The van der Waals surface area contributed by atoms with Gasteiger partial charge in [0.1, 0.15) is 5.82 Å². The first-order valence-corrected chi connectivity index (χ1v) is 9.87. The van der Waals surface area contributed by atoms with Gasteiger partial charge in [0.25, 0.3) is 0 Å². The summed E-state index contributed by atoms with van der Waals surface area (Å²) in [6, 6.07) is 12.0. The third-order valence-corrected chi connectivity index (χ3v) is 5.98. The topological polar surface area (TPSA) is 87.7 Å². The van der Waals surface area contributed by atoms with Crippen molar-refractivity contribution in [1.82, 2.24) is 4.31 Å². The highest BCUT2D eigenvalue weighted by Gasteiger charge is 2.26. The molecule has 1 fully saturated rings. The molecule has 1 aliphatic heterocycles. The van der Waals surface area contributed by atoms with Crippen molar-refractivity contribution in [3.8, 4) is 0 Å². The quantitative estimate of drug-likeness (QED) is 0.783. The van der Waals surface area contributed by atoms with Crippen LogP contribution in [0, 0.1) is 5.82 Å². The zero-order valence-electron chi connectivity index (χ0n) is 14.5. The summed E-state index contributed by atoms with van der Waals surface area (Å²) < 4.78 is 45.2. The molecule has 0 aromatic heterocycles. The Hall–Kier alpha value is -2.49. The van der Waals surface area contributed by atoms with Gasteiger partial charge in [0.05, 0.1) is 30.3 Å². The van der Waals surface area contributed by atoms with E-state index in [2.05, 4.69) is 10.6 Å². The fourth-order valence-electron chi connectivity index (χ4n) is 2.62. The molecule has 144 valence electrons. The number of ether oxygens (including phenoxy) is 1. The molecule has 0 radical (unpaired) electrons. The lowest BCUT2D eigenvalue weighted by atomic mass is 10.3. The Morgan fingerprint density at radius 1 is 1.07 bits per heavy atom. The Labute approximate surface area is 157 Å². The van der Waals surface area contributed by atoms with Gasteiger partial charge in [-0.25, -0.2) is 12.8 Å². The Balaban J connectivity index is 1.57. The number of carbonyl (C=O) groups is 1. The van der Waals surface area contributed by atoms with Crippen LogP contribution in [0.2, 0.25) is 0 Å². The molecule has 9 heteroatoms. The minimum absolute atomic E-state index is 0.0795. The Morgan fingerprint density at radius 2 is 1.74 bits per heavy atom. The highest BCUT2D eigenvalue weighted by molar-refractivity contribution is 7.89. The van der Waals surface area contributed by atoms with Crippen molar-refractivity contribution >= 4 is 27.3 Å². The average molecular weight is 393 g/mol. The number of benzene rings is 2. The van der Waals surface area contributed by atoms with Gasteiger partial charge in [0, 0.05) is 18.8 Å². The highest BCUT2D eigenvalue weighted by atomic mass is 32.2. The molecule has 0 bridgehead atoms. The maximum atomic E-state index is 13.5. The molecular weight excluding hydrogens is 373 g/mol. The molecule has 1 aliphatic rings. The third-order valence-electron chi connectivity index (χ3n) is 4.06. The van der Waals surface area contributed by atoms with Gasteiger partial charge in [-0.05, 0) is 36.4 Å². The number of hydrogen-bond acceptors (Lipinski definition) is 5. The second kappa shape index (κ2) is 8.47. The number of carbonyl (C=O) groups excluding carboxylic acids is 1. The minimum atomic E-state index is -3.55. The Morgan fingerprint density at radius 3 is 2.41 bits per heavy atom. The van der Waals surface area contributed by atoms with E-state index < -0.39 is 21.7 Å². The molecule has 1 saturated heterocycles. The summed E-state index contributed by atoms with van der Waals surface area (Å²) in [4.78, 5) is 12.1. The number of anilines is 2. The van der Waals surface area contributed by atoms with E-state index in [0.717, 1.165) is 0 Å². The zero-order chi connectivity index (χ0) is 19.3. The molecule has 0 aliphatic carbocycles. The highest BCUT2D eigenvalue weighted by Crippen LogP contribution is 2.19. The Kier molecular flexibility index (Phi) is 6.04. The van der Waals surface area contributed by atoms with Gasteiger partial charge in [-0.15, -0.1) is 0 Å². The van der Waals surface area contributed by atoms with E-state index in [9.17, 15) is 17.6 Å². The molecule has 1 amide bonds. The molecule has 0 saturated carbocycles. The number of rotatable bonds is 6. The van der Waals surface area contributed by atoms with E-state index >= 15 is 0 Å². The fraction of sp³-hybridized carbons (Fsp3) is 0.278. The number of hydrogen-bond donors (Lipinski definition) is 2. The van der Waals surface area contributed by atoms with E-state index in [0.29, 0.717) is 32.0 Å². The van der Waals surface area contributed by atoms with Crippen molar-refractivity contribution in [3.05, 3.63) is 54.3 Å². The molecule has 1 heterocycles. The lowest BCUT2D eigenvalue weighted by Crippen LogP contribution is -2.40. The van der Waals surface area contributed by atoms with Crippen LogP contribution in [0.4, 0.5) is 15.8 Å². The maximum absolute atomic E-state index is 13.5. The van der Waals surface area contributed by atoms with Gasteiger partial charge < -0.3 is 15.4 Å². The van der Waals surface area contributed by atoms with Crippen molar-refractivity contribution in [2.24, 2.45) is 0 Å². The maximum Gasteiger partial charge on any atom is 0.243 e. The van der Waals surface area contributed by atoms with Crippen LogP contribution in [0.3, 0.4) is 0 Å². The normalized spacial score (nSPS) is 15.3. The van der Waals surface area contributed by atoms with Crippen molar-refractivity contribution in [1.29, 1.82) is 0 Å². The largest absolute Gasteiger partial charge is 0.379 e. The number of amides is 1. The summed E-state index contributed by atoms with van der Waals surface area (Å²) in [5, 5.41) is 5.35. The van der Waals surface area contributed by atoms with Crippen LogP contribution in [0.25, 0.3) is 0 Å². The number of sulfonamides is 1. The van der Waals surface area contributed by atoms with Gasteiger partial charge in [-0.3, -0.25) is 4.79 Å². The van der Waals surface area contributed by atoms with Crippen LogP contribution in [-0.4, -0.2) is 51.5 Å². The number of halogens is 1. The number of para-hydroxylation sites is 1. The zero-order valence-corrected chi connectivity index (χ0v) is 15.3. The lowest BCUT2D eigenvalue weighted by Gasteiger charge is -2.26. The second-order valence-electron chi connectivity index (χ2n) is 5.92. The SMILES string of the molecule is O=C(CNc1ccc(S(=O)(=O)N2CCOCC2)cc1)Nc1ccccc1F. The van der Waals surface area contributed by atoms with Crippen LogP contribution in [0.1, 0.15) is 0 Å². The molecule has 2 N–H and O–H groups in total. The van der Waals surface area contributed by atoms with Crippen molar-refractivity contribution in [3.63, 3.8) is 0 Å². The molecular formula is C18H20FN3O4S. The molecule has 0 atom stereocenters. The van der Waals surface area contributed by atoms with Crippen LogP contribution in [0.15, 0.2) is 53.4 Å². The van der Waals surface area contributed by atoms with E-state index in [1.807, 2.05) is 0 Å². The summed E-state index contributed by atoms with van der Waals surface area (Å²) in [6.45, 7) is 1.35. The molecule has 0 spiro atoms. The molecule has 2 aromatic carbocycles. The Bertz CT molecular complexity index is 897. The molecule has 2 aromatic rings. The van der Waals surface area contributed by atoms with Crippen molar-refractivity contribution in [2.45, 2.75) is 4.90 Å². The molecule has 27 heavy (non-hydrogen) atoms. The summed E-state index contributed by atoms with van der Waals surface area (Å²) >= 11 is 0. The van der Waals surface area contributed by atoms with E-state index in [1.54, 1.807) is 18.2 Å². The van der Waals surface area contributed by atoms with E-state index in [1.165, 1.54) is 34.6 Å². The third kappa shape index (κ3) is 4.82. The van der Waals surface area contributed by atoms with Crippen LogP contribution in [-0.2, 0) is 19.6 Å². The average Bonchev–Trinajstić information content (AvgIpc) is 2.69. The molecule has 0 unspecified atom stereocenters. The van der Waals surface area contributed by atoms with Gasteiger partial charge in [-0.2, -0.15) is 4.31 Å². The first kappa shape index (κ1) is 19.3. The predicted octanol–water partition coefficient (Wildman–Crippen LogP) is 1.90.